The van der Waals surface area contributed by atoms with Crippen LogP contribution in [0.5, 0.6) is 5.75 Å². The van der Waals surface area contributed by atoms with Crippen LogP contribution in [0.25, 0.3) is 0 Å². The van der Waals surface area contributed by atoms with Crippen molar-refractivity contribution >= 4 is 53.2 Å². The number of nitrogens with one attached hydrogen (secondary N) is 3. The number of carbonyl (C=O) groups excluding carboxylic acids is 9. The van der Waals surface area contributed by atoms with Gasteiger partial charge in [-0.1, -0.05) is 107 Å². The van der Waals surface area contributed by atoms with Gasteiger partial charge in [0.2, 0.25) is 41.4 Å². The topological polar surface area (TPSA) is 245 Å². The summed E-state index contributed by atoms with van der Waals surface area (Å²) in [5, 5.41) is 20.4. The Bertz CT molecular complexity index is 2330. The Labute approximate surface area is 482 Å². The zero-order chi connectivity index (χ0) is 61.0. The highest BCUT2D eigenvalue weighted by Crippen LogP contribution is 2.28. The average Bonchev–Trinajstić information content (AvgIpc) is 3.98. The van der Waals surface area contributed by atoms with E-state index in [1.807, 2.05) is 45.0 Å². The summed E-state index contributed by atoms with van der Waals surface area (Å²) in [4.78, 5) is 139. The van der Waals surface area contributed by atoms with Gasteiger partial charge in [0, 0.05) is 47.1 Å². The number of hydrogen-bond donors (Lipinski definition) is 4. The van der Waals surface area contributed by atoms with Gasteiger partial charge in [0.15, 0.2) is 12.1 Å². The largest absolute Gasteiger partial charge is 0.493 e. The van der Waals surface area contributed by atoms with E-state index in [0.29, 0.717) is 43.1 Å². The monoisotopic (exact) mass is 1140 g/mol. The Morgan fingerprint density at radius 3 is 1.68 bits per heavy atom. The van der Waals surface area contributed by atoms with Gasteiger partial charge in [-0.05, 0) is 107 Å². The van der Waals surface area contributed by atoms with E-state index in [2.05, 4.69) is 16.0 Å². The van der Waals surface area contributed by atoms with E-state index in [-0.39, 0.29) is 31.7 Å². The summed E-state index contributed by atoms with van der Waals surface area (Å²) in [6.07, 6.45) is 5.90. The molecule has 4 rings (SSSR count). The predicted octanol–water partition coefficient (Wildman–Crippen LogP) is 5.11. The lowest BCUT2D eigenvalue weighted by Crippen LogP contribution is -2.63. The molecular formula is C61H100N8O12. The minimum Gasteiger partial charge on any atom is -0.493 e. The van der Waals surface area contributed by atoms with Crippen LogP contribution in [0.3, 0.4) is 0 Å². The minimum atomic E-state index is -1.97. The number of amides is 8. The number of ether oxygens (including phenoxy) is 2. The Balaban J connectivity index is 1.88. The fourth-order valence-corrected chi connectivity index (χ4v) is 11.7. The zero-order valence-electron chi connectivity index (χ0n) is 51.8. The van der Waals surface area contributed by atoms with Crippen LogP contribution in [-0.2, 0) is 54.3 Å². The number of nitrogens with zero attached hydrogens (tertiary/aromatic N) is 5. The molecule has 20 heteroatoms. The Kier molecular flexibility index (Phi) is 25.1. The number of rotatable bonds is 14. The number of fused-ring (bicyclic) bond motifs is 1. The first-order valence-corrected chi connectivity index (χ1v) is 29.8. The van der Waals surface area contributed by atoms with Gasteiger partial charge < -0.3 is 55.0 Å². The van der Waals surface area contributed by atoms with Crippen LogP contribution < -0.4 is 20.7 Å². The molecule has 2 aliphatic heterocycles. The SMILES string of the molecule is CC[C@H](C)[C@@H]1NC(=O)[C@@H]2CCCN2C(=O)[C@@H](C)N(C)C(=O)[C@H](Cc2ccc(OCC3CCCCC3)cc2)NC(=O)[C@H](C(C)C)N(C)C(=O)[C@@H]([C@@H](C)CC)OC(=O)[C@H](C(C)(C)O)N(C)C(=O)[C@H](CC(C)C)NC(=O)[C@H](C(C)C)N(C)C1=O. The molecule has 0 unspecified atom stereocenters. The highest BCUT2D eigenvalue weighted by atomic mass is 16.6. The van der Waals surface area contributed by atoms with Crippen molar-refractivity contribution in [3.05, 3.63) is 29.8 Å². The van der Waals surface area contributed by atoms with E-state index in [1.165, 1.54) is 80.9 Å². The van der Waals surface area contributed by atoms with Crippen LogP contribution in [0.4, 0.5) is 0 Å². The molecule has 0 aromatic heterocycles. The van der Waals surface area contributed by atoms with Gasteiger partial charge in [0.25, 0.3) is 5.91 Å². The van der Waals surface area contributed by atoms with E-state index >= 15 is 4.79 Å². The highest BCUT2D eigenvalue weighted by molar-refractivity contribution is 5.99. The molecular weight excluding hydrogens is 1040 g/mol. The van der Waals surface area contributed by atoms with Crippen LogP contribution in [0.2, 0.25) is 0 Å². The van der Waals surface area contributed by atoms with E-state index in [9.17, 15) is 43.5 Å². The van der Waals surface area contributed by atoms with Crippen molar-refractivity contribution < 1.29 is 57.7 Å². The molecule has 8 amide bonds. The Morgan fingerprint density at radius 2 is 1.16 bits per heavy atom. The molecule has 3 fully saturated rings. The van der Waals surface area contributed by atoms with Gasteiger partial charge in [-0.2, -0.15) is 0 Å². The zero-order valence-corrected chi connectivity index (χ0v) is 51.8. The predicted molar refractivity (Wildman–Crippen MR) is 309 cm³/mol. The molecule has 1 aromatic carbocycles. The van der Waals surface area contributed by atoms with Gasteiger partial charge in [0.05, 0.1) is 12.2 Å². The molecule has 1 aliphatic carbocycles. The lowest BCUT2D eigenvalue weighted by molar-refractivity contribution is -0.177. The molecule has 0 radical (unpaired) electrons. The number of esters is 1. The van der Waals surface area contributed by atoms with Gasteiger partial charge in [0.1, 0.15) is 48.0 Å². The van der Waals surface area contributed by atoms with E-state index in [1.54, 1.807) is 55.4 Å². The first-order chi connectivity index (χ1) is 37.9. The van der Waals surface area contributed by atoms with Gasteiger partial charge in [-0.15, -0.1) is 0 Å². The summed E-state index contributed by atoms with van der Waals surface area (Å²) >= 11 is 0. The third-order valence-corrected chi connectivity index (χ3v) is 17.0. The standard InChI is InChI=1S/C61H100N8O12/c1-18-38(9)47-58(76)66(15)48(36(5)6)53(71)62-44(32-35(3)4)57(75)68(17)51(61(12,13)79)60(78)81-50(39(10)19-2)59(77)67(16)49(37(7)8)54(72)63-45(33-41-27-29-43(30-28-41)80-34-42-24-21-20-22-25-42)56(74)65(14)40(11)55(73)69-31-23-26-46(69)52(70)64-47/h27-30,35-40,42,44-51,79H,18-26,31-34H2,1-17H3,(H,62,71)(H,63,72)(H,64,70)/t38-,39-,40+,44-,45-,46-,47-,48-,49-,50+,51+/m0/s1. The summed E-state index contributed by atoms with van der Waals surface area (Å²) in [5.74, 6) is -7.48. The number of benzene rings is 1. The van der Waals surface area contributed by atoms with Crippen molar-refractivity contribution in [3.8, 4) is 5.75 Å². The maximum atomic E-state index is 15.0. The Hall–Kier alpha value is -5.79. The Morgan fingerprint density at radius 1 is 0.630 bits per heavy atom. The fraction of sp³-hybridized carbons (Fsp3) is 0.754. The maximum Gasteiger partial charge on any atom is 0.332 e. The summed E-state index contributed by atoms with van der Waals surface area (Å²) in [6.45, 7) is 22.8. The van der Waals surface area contributed by atoms with Crippen molar-refractivity contribution in [1.29, 1.82) is 0 Å². The molecule has 20 nitrogen and oxygen atoms in total. The molecule has 1 aromatic rings. The second kappa shape index (κ2) is 30.0. The van der Waals surface area contributed by atoms with Crippen LogP contribution in [0.1, 0.15) is 160 Å². The molecule has 11 atom stereocenters. The number of carbonyl (C=O) groups is 9. The lowest BCUT2D eigenvalue weighted by atomic mass is 9.90. The molecule has 4 N–H and O–H groups in total. The van der Waals surface area contributed by atoms with Gasteiger partial charge in [-0.3, -0.25) is 38.4 Å². The molecule has 2 heterocycles. The average molecular weight is 1140 g/mol. The molecule has 456 valence electrons. The van der Waals surface area contributed by atoms with Crippen LogP contribution in [0.15, 0.2) is 24.3 Å². The summed E-state index contributed by atoms with van der Waals surface area (Å²) in [6, 6.07) is -2.67. The molecule has 81 heavy (non-hydrogen) atoms. The van der Waals surface area contributed by atoms with Crippen molar-refractivity contribution in [2.45, 2.75) is 221 Å². The second-order valence-electron chi connectivity index (χ2n) is 25.1. The maximum absolute atomic E-state index is 15.0. The van der Waals surface area contributed by atoms with Crippen molar-refractivity contribution in [3.63, 3.8) is 0 Å². The highest BCUT2D eigenvalue weighted by Gasteiger charge is 2.48. The molecule has 1 saturated carbocycles. The molecule has 0 bridgehead atoms. The van der Waals surface area contributed by atoms with E-state index in [0.717, 1.165) is 17.7 Å². The summed E-state index contributed by atoms with van der Waals surface area (Å²) in [7, 11) is 5.64. The molecule has 2 saturated heterocycles. The molecule has 3 aliphatic rings. The van der Waals surface area contributed by atoms with Crippen molar-refractivity contribution in [2.75, 3.05) is 41.3 Å². The lowest BCUT2D eigenvalue weighted by Gasteiger charge is -2.39. The summed E-state index contributed by atoms with van der Waals surface area (Å²) < 4.78 is 12.3. The third kappa shape index (κ3) is 17.4. The van der Waals surface area contributed by atoms with Crippen molar-refractivity contribution in [2.24, 2.45) is 35.5 Å². The first-order valence-electron chi connectivity index (χ1n) is 29.8. The minimum absolute atomic E-state index is 0.0239. The van der Waals surface area contributed by atoms with Crippen LogP contribution >= 0.6 is 0 Å². The normalized spacial score (nSPS) is 27.5. The van der Waals surface area contributed by atoms with Gasteiger partial charge >= 0.3 is 5.97 Å². The van der Waals surface area contributed by atoms with Crippen LogP contribution in [-0.4, -0.2) is 184 Å². The molecule has 0 spiro atoms. The van der Waals surface area contributed by atoms with E-state index in [4.69, 9.17) is 9.47 Å². The smallest absolute Gasteiger partial charge is 0.332 e. The summed E-state index contributed by atoms with van der Waals surface area (Å²) in [5.41, 5.74) is -1.30. The van der Waals surface area contributed by atoms with E-state index < -0.39 is 137 Å². The quantitative estimate of drug-likeness (QED) is 0.178. The second-order valence-corrected chi connectivity index (χ2v) is 25.1. The number of aliphatic hydroxyl groups is 1. The van der Waals surface area contributed by atoms with Crippen LogP contribution in [0, 0.1) is 35.5 Å². The van der Waals surface area contributed by atoms with Gasteiger partial charge in [-0.25, -0.2) is 4.79 Å². The fourth-order valence-electron chi connectivity index (χ4n) is 11.7. The number of cyclic esters (lactones) is 1. The number of likely N-dealkylation sites (N-methyl/N-ethyl adjacent to an activating group) is 4. The first kappa shape index (κ1) is 67.7. The number of hydrogen-bond acceptors (Lipinski definition) is 12. The van der Waals surface area contributed by atoms with Crippen molar-refractivity contribution in [1.82, 2.24) is 40.4 Å². The third-order valence-electron chi connectivity index (χ3n) is 17.0.